The zero-order valence-corrected chi connectivity index (χ0v) is 10.6. The molecule has 2 nitrogen and oxygen atoms in total. The van der Waals surface area contributed by atoms with Gasteiger partial charge in [0.25, 0.3) is 0 Å². The Hall–Kier alpha value is -1.83. The fraction of sp³-hybridized carbons (Fsp3) is 0.267. The van der Waals surface area contributed by atoms with Crippen LogP contribution in [-0.4, -0.2) is 10.4 Å². The van der Waals surface area contributed by atoms with Crippen LogP contribution in [0, 0.1) is 6.92 Å². The number of carbonyl (C=O) groups excluding carboxylic acids is 1. The van der Waals surface area contributed by atoms with E-state index in [1.807, 2.05) is 25.3 Å². The van der Waals surface area contributed by atoms with Crippen molar-refractivity contribution in [3.05, 3.63) is 47.7 Å². The summed E-state index contributed by atoms with van der Waals surface area (Å²) in [5.41, 5.74) is 4.21. The number of Topliss-reactive ketones (excluding diaryl/α,β-unsaturated/α-hetero) is 1. The summed E-state index contributed by atoms with van der Waals surface area (Å²) < 4.78 is 2.11. The average molecular weight is 227 g/mol. The summed E-state index contributed by atoms with van der Waals surface area (Å²) in [7, 11) is 0. The second-order valence-corrected chi connectivity index (χ2v) is 4.66. The third kappa shape index (κ3) is 2.03. The Kier molecular flexibility index (Phi) is 2.88. The highest BCUT2D eigenvalue weighted by Crippen LogP contribution is 2.25. The number of fused-ring (bicyclic) bond motifs is 1. The first-order valence-electron chi connectivity index (χ1n) is 5.74. The van der Waals surface area contributed by atoms with Gasteiger partial charge >= 0.3 is 0 Å². The molecule has 1 aromatic carbocycles. The van der Waals surface area contributed by atoms with Crippen molar-refractivity contribution in [2.24, 2.45) is 0 Å². The fourth-order valence-corrected chi connectivity index (χ4v) is 2.24. The van der Waals surface area contributed by atoms with Gasteiger partial charge in [0.05, 0.1) is 5.52 Å². The number of nitrogens with zero attached hydrogens (tertiary/aromatic N) is 1. The average Bonchev–Trinajstić information content (AvgIpc) is 2.57. The predicted octanol–water partition coefficient (Wildman–Crippen LogP) is 3.73. The normalized spacial score (nSPS) is 10.8. The molecular formula is C15H17NO. The molecule has 0 N–H and O–H groups in total. The predicted molar refractivity (Wildman–Crippen MR) is 71.5 cm³/mol. The van der Waals surface area contributed by atoms with E-state index in [4.69, 9.17) is 0 Å². The third-order valence-electron chi connectivity index (χ3n) is 2.92. The van der Waals surface area contributed by atoms with Crippen LogP contribution in [0.5, 0.6) is 0 Å². The van der Waals surface area contributed by atoms with Crippen molar-refractivity contribution in [1.82, 2.24) is 4.57 Å². The molecular weight excluding hydrogens is 210 g/mol. The standard InChI is InChI=1S/C15H17NO/c1-10(2)8-16-9-14(12(4)17)13-7-5-6-11(3)15(13)16/h5-7,9H,1,8H2,2-4H3. The summed E-state index contributed by atoms with van der Waals surface area (Å²) in [5, 5.41) is 1.04. The monoisotopic (exact) mass is 227 g/mol. The van der Waals surface area contributed by atoms with E-state index in [-0.39, 0.29) is 5.78 Å². The van der Waals surface area contributed by atoms with E-state index in [1.54, 1.807) is 6.92 Å². The summed E-state index contributed by atoms with van der Waals surface area (Å²) in [6, 6.07) is 6.07. The number of allylic oxidation sites excluding steroid dienone is 1. The number of aromatic nitrogens is 1. The summed E-state index contributed by atoms with van der Waals surface area (Å²) in [6.45, 7) is 10.4. The lowest BCUT2D eigenvalue weighted by atomic mass is 10.1. The number of aryl methyl sites for hydroxylation is 1. The highest BCUT2D eigenvalue weighted by atomic mass is 16.1. The molecule has 88 valence electrons. The molecule has 0 aliphatic heterocycles. The van der Waals surface area contributed by atoms with Gasteiger partial charge in [-0.2, -0.15) is 0 Å². The highest BCUT2D eigenvalue weighted by molar-refractivity contribution is 6.07. The minimum Gasteiger partial charge on any atom is -0.342 e. The van der Waals surface area contributed by atoms with Gasteiger partial charge in [0.1, 0.15) is 0 Å². The van der Waals surface area contributed by atoms with Gasteiger partial charge in [0, 0.05) is 23.7 Å². The maximum Gasteiger partial charge on any atom is 0.161 e. The molecule has 0 saturated heterocycles. The Morgan fingerprint density at radius 1 is 1.35 bits per heavy atom. The maximum absolute atomic E-state index is 11.6. The van der Waals surface area contributed by atoms with Crippen molar-refractivity contribution >= 4 is 16.7 Å². The topological polar surface area (TPSA) is 22.0 Å². The number of hydrogen-bond acceptors (Lipinski definition) is 1. The summed E-state index contributed by atoms with van der Waals surface area (Å²) in [4.78, 5) is 11.6. The van der Waals surface area contributed by atoms with Crippen molar-refractivity contribution in [3.8, 4) is 0 Å². The zero-order valence-electron chi connectivity index (χ0n) is 10.6. The molecule has 17 heavy (non-hydrogen) atoms. The number of rotatable bonds is 3. The number of benzene rings is 1. The molecule has 0 saturated carbocycles. The van der Waals surface area contributed by atoms with E-state index in [0.717, 1.165) is 28.6 Å². The van der Waals surface area contributed by atoms with Gasteiger partial charge in [0.2, 0.25) is 0 Å². The van der Waals surface area contributed by atoms with Crippen LogP contribution >= 0.6 is 0 Å². The summed E-state index contributed by atoms with van der Waals surface area (Å²) in [5.74, 6) is 0.112. The molecule has 0 spiro atoms. The van der Waals surface area contributed by atoms with Crippen LogP contribution in [0.4, 0.5) is 0 Å². The Bertz CT molecular complexity index is 605. The smallest absolute Gasteiger partial charge is 0.161 e. The van der Waals surface area contributed by atoms with Crippen LogP contribution < -0.4 is 0 Å². The van der Waals surface area contributed by atoms with Gasteiger partial charge in [-0.15, -0.1) is 0 Å². The van der Waals surface area contributed by atoms with Gasteiger partial charge in [-0.05, 0) is 26.3 Å². The summed E-state index contributed by atoms with van der Waals surface area (Å²) in [6.07, 6.45) is 1.94. The molecule has 1 heterocycles. The molecule has 2 rings (SSSR count). The third-order valence-corrected chi connectivity index (χ3v) is 2.92. The number of ketones is 1. The fourth-order valence-electron chi connectivity index (χ4n) is 2.24. The van der Waals surface area contributed by atoms with Gasteiger partial charge < -0.3 is 4.57 Å². The largest absolute Gasteiger partial charge is 0.342 e. The molecule has 0 radical (unpaired) electrons. The Labute approximate surface area is 102 Å². The second-order valence-electron chi connectivity index (χ2n) is 4.66. The molecule has 0 aliphatic rings. The second kappa shape index (κ2) is 4.21. The van der Waals surface area contributed by atoms with E-state index in [0.29, 0.717) is 0 Å². The first-order valence-corrected chi connectivity index (χ1v) is 5.74. The van der Waals surface area contributed by atoms with E-state index in [2.05, 4.69) is 24.1 Å². The Balaban J connectivity index is 2.75. The quantitative estimate of drug-likeness (QED) is 0.578. The molecule has 2 heteroatoms. The molecule has 0 bridgehead atoms. The van der Waals surface area contributed by atoms with E-state index in [1.165, 1.54) is 5.56 Å². The number of hydrogen-bond donors (Lipinski definition) is 0. The molecule has 0 fully saturated rings. The minimum atomic E-state index is 0.112. The van der Waals surface area contributed by atoms with Gasteiger partial charge in [-0.1, -0.05) is 30.4 Å². The Morgan fingerprint density at radius 2 is 2.06 bits per heavy atom. The van der Waals surface area contributed by atoms with E-state index < -0.39 is 0 Å². The van der Waals surface area contributed by atoms with Gasteiger partial charge in [-0.25, -0.2) is 0 Å². The number of carbonyl (C=O) groups is 1. The van der Waals surface area contributed by atoms with Crippen LogP contribution in [0.25, 0.3) is 10.9 Å². The number of para-hydroxylation sites is 1. The lowest BCUT2D eigenvalue weighted by Crippen LogP contribution is -1.97. The molecule has 0 atom stereocenters. The first kappa shape index (κ1) is 11.6. The van der Waals surface area contributed by atoms with Crippen LogP contribution in [0.2, 0.25) is 0 Å². The van der Waals surface area contributed by atoms with E-state index >= 15 is 0 Å². The van der Waals surface area contributed by atoms with Crippen LogP contribution in [-0.2, 0) is 6.54 Å². The molecule has 0 amide bonds. The lowest BCUT2D eigenvalue weighted by molar-refractivity contribution is 0.101. The van der Waals surface area contributed by atoms with Crippen LogP contribution in [0.15, 0.2) is 36.5 Å². The maximum atomic E-state index is 11.6. The van der Waals surface area contributed by atoms with Gasteiger partial charge in [0.15, 0.2) is 5.78 Å². The van der Waals surface area contributed by atoms with Crippen molar-refractivity contribution in [3.63, 3.8) is 0 Å². The van der Waals surface area contributed by atoms with Crippen molar-refractivity contribution in [1.29, 1.82) is 0 Å². The Morgan fingerprint density at radius 3 is 2.65 bits per heavy atom. The zero-order chi connectivity index (χ0) is 12.6. The van der Waals surface area contributed by atoms with Crippen LogP contribution in [0.3, 0.4) is 0 Å². The SMILES string of the molecule is C=C(C)Cn1cc(C(C)=O)c2cccc(C)c21. The lowest BCUT2D eigenvalue weighted by Gasteiger charge is -2.06. The van der Waals surface area contributed by atoms with Crippen molar-refractivity contribution < 1.29 is 4.79 Å². The highest BCUT2D eigenvalue weighted by Gasteiger charge is 2.12. The van der Waals surface area contributed by atoms with Crippen LogP contribution in [0.1, 0.15) is 29.8 Å². The minimum absolute atomic E-state index is 0.112. The van der Waals surface area contributed by atoms with Gasteiger partial charge in [-0.3, -0.25) is 4.79 Å². The molecule has 2 aromatic rings. The van der Waals surface area contributed by atoms with Crippen molar-refractivity contribution in [2.75, 3.05) is 0 Å². The molecule has 1 aromatic heterocycles. The van der Waals surface area contributed by atoms with Crippen molar-refractivity contribution in [2.45, 2.75) is 27.3 Å². The first-order chi connectivity index (χ1) is 8.00. The molecule has 0 aliphatic carbocycles. The summed E-state index contributed by atoms with van der Waals surface area (Å²) >= 11 is 0. The van der Waals surface area contributed by atoms with E-state index in [9.17, 15) is 4.79 Å². The molecule has 0 unspecified atom stereocenters.